The van der Waals surface area contributed by atoms with Gasteiger partial charge in [-0.2, -0.15) is 0 Å². The summed E-state index contributed by atoms with van der Waals surface area (Å²) in [6, 6.07) is 9.00. The number of nitrogens with zero attached hydrogens (tertiary/aromatic N) is 1. The number of ether oxygens (including phenoxy) is 1. The second-order valence-electron chi connectivity index (χ2n) is 4.17. The Labute approximate surface area is 97.4 Å². The van der Waals surface area contributed by atoms with Gasteiger partial charge in [0.05, 0.1) is 13.2 Å². The maximum absolute atomic E-state index is 5.39. The van der Waals surface area contributed by atoms with Gasteiger partial charge in [0, 0.05) is 24.8 Å². The highest BCUT2D eigenvalue weighted by atomic mass is 16.5. The van der Waals surface area contributed by atoms with Crippen molar-refractivity contribution >= 4 is 5.69 Å². The Balaban J connectivity index is 2.24. The Hall–Kier alpha value is -1.06. The Bertz CT molecular complexity index is 334. The zero-order chi connectivity index (χ0) is 11.4. The Morgan fingerprint density at radius 3 is 2.62 bits per heavy atom. The van der Waals surface area contributed by atoms with Gasteiger partial charge in [0.1, 0.15) is 0 Å². The lowest BCUT2D eigenvalue weighted by molar-refractivity contribution is 0.122. The first-order chi connectivity index (χ1) is 7.83. The summed E-state index contributed by atoms with van der Waals surface area (Å²) in [6.07, 6.45) is 0. The molecule has 3 heteroatoms. The van der Waals surface area contributed by atoms with Crippen LogP contribution in [0.15, 0.2) is 24.3 Å². The molecule has 1 aromatic rings. The molecule has 1 heterocycles. The average molecular weight is 220 g/mol. The van der Waals surface area contributed by atoms with Gasteiger partial charge in [0.25, 0.3) is 0 Å². The normalized spacial score (nSPS) is 18.5. The summed E-state index contributed by atoms with van der Waals surface area (Å²) in [6.45, 7) is 5.85. The first kappa shape index (κ1) is 11.4. The molecule has 0 amide bonds. The molecule has 1 aliphatic rings. The molecule has 0 spiro atoms. The van der Waals surface area contributed by atoms with Crippen LogP contribution in [-0.2, 0) is 4.74 Å². The molecule has 1 N–H and O–H groups in total. The first-order valence-electron chi connectivity index (χ1n) is 5.92. The van der Waals surface area contributed by atoms with Crippen LogP contribution < -0.4 is 10.2 Å². The minimum atomic E-state index is 0.388. The number of para-hydroxylation sites is 1. The molecule has 1 aliphatic heterocycles. The van der Waals surface area contributed by atoms with Gasteiger partial charge >= 0.3 is 0 Å². The van der Waals surface area contributed by atoms with Crippen molar-refractivity contribution in [3.05, 3.63) is 29.8 Å². The molecule has 88 valence electrons. The van der Waals surface area contributed by atoms with Crippen LogP contribution in [0.1, 0.15) is 18.5 Å². The van der Waals surface area contributed by atoms with E-state index in [4.69, 9.17) is 4.74 Å². The number of hydrogen-bond acceptors (Lipinski definition) is 3. The maximum Gasteiger partial charge on any atom is 0.0642 e. The molecule has 1 atom stereocenters. The van der Waals surface area contributed by atoms with E-state index in [1.807, 2.05) is 7.05 Å². The Kier molecular flexibility index (Phi) is 3.80. The number of morpholine rings is 1. The SMILES string of the molecule is CNC(C)c1ccccc1N1CCOCC1. The first-order valence-corrected chi connectivity index (χ1v) is 5.92. The largest absolute Gasteiger partial charge is 0.378 e. The molecule has 3 nitrogen and oxygen atoms in total. The fraction of sp³-hybridized carbons (Fsp3) is 0.538. The predicted molar refractivity (Wildman–Crippen MR) is 66.9 cm³/mol. The molecule has 16 heavy (non-hydrogen) atoms. The van der Waals surface area contributed by atoms with Crippen molar-refractivity contribution in [3.8, 4) is 0 Å². The quantitative estimate of drug-likeness (QED) is 0.840. The lowest BCUT2D eigenvalue weighted by Gasteiger charge is -2.31. The van der Waals surface area contributed by atoms with E-state index in [-0.39, 0.29) is 0 Å². The predicted octanol–water partition coefficient (Wildman–Crippen LogP) is 1.80. The number of anilines is 1. The molecule has 1 unspecified atom stereocenters. The van der Waals surface area contributed by atoms with Crippen LogP contribution in [0.25, 0.3) is 0 Å². The van der Waals surface area contributed by atoms with Crippen LogP contribution in [0.3, 0.4) is 0 Å². The van der Waals surface area contributed by atoms with Crippen molar-refractivity contribution in [2.45, 2.75) is 13.0 Å². The highest BCUT2D eigenvalue weighted by Gasteiger charge is 2.16. The number of hydrogen-bond donors (Lipinski definition) is 1. The fourth-order valence-corrected chi connectivity index (χ4v) is 2.10. The summed E-state index contributed by atoms with van der Waals surface area (Å²) in [5, 5.41) is 3.30. The van der Waals surface area contributed by atoms with E-state index in [1.165, 1.54) is 11.3 Å². The van der Waals surface area contributed by atoms with E-state index < -0.39 is 0 Å². The van der Waals surface area contributed by atoms with Gasteiger partial charge in [-0.3, -0.25) is 0 Å². The maximum atomic E-state index is 5.39. The molecule has 1 fully saturated rings. The zero-order valence-corrected chi connectivity index (χ0v) is 10.1. The summed E-state index contributed by atoms with van der Waals surface area (Å²) >= 11 is 0. The number of nitrogens with one attached hydrogen (secondary N) is 1. The number of benzene rings is 1. The second kappa shape index (κ2) is 5.32. The van der Waals surface area contributed by atoms with Gasteiger partial charge < -0.3 is 15.0 Å². The lowest BCUT2D eigenvalue weighted by Crippen LogP contribution is -2.37. The molecule has 0 aliphatic carbocycles. The van der Waals surface area contributed by atoms with Gasteiger partial charge in [-0.25, -0.2) is 0 Å². The Morgan fingerprint density at radius 2 is 1.94 bits per heavy atom. The van der Waals surface area contributed by atoms with Crippen LogP contribution in [-0.4, -0.2) is 33.4 Å². The third-order valence-electron chi connectivity index (χ3n) is 3.19. The summed E-state index contributed by atoms with van der Waals surface area (Å²) in [7, 11) is 2.00. The van der Waals surface area contributed by atoms with Crippen LogP contribution in [0, 0.1) is 0 Å². The van der Waals surface area contributed by atoms with Crippen LogP contribution >= 0.6 is 0 Å². The van der Waals surface area contributed by atoms with Crippen LogP contribution in [0.4, 0.5) is 5.69 Å². The summed E-state index contributed by atoms with van der Waals surface area (Å²) in [5.41, 5.74) is 2.71. The minimum Gasteiger partial charge on any atom is -0.378 e. The summed E-state index contributed by atoms with van der Waals surface area (Å²) in [4.78, 5) is 2.41. The van der Waals surface area contributed by atoms with Crippen molar-refractivity contribution in [1.82, 2.24) is 5.32 Å². The molecule has 1 saturated heterocycles. The topological polar surface area (TPSA) is 24.5 Å². The smallest absolute Gasteiger partial charge is 0.0642 e. The highest BCUT2D eigenvalue weighted by molar-refractivity contribution is 5.55. The van der Waals surface area contributed by atoms with Gasteiger partial charge in [0.2, 0.25) is 0 Å². The molecule has 0 radical (unpaired) electrons. The molecule has 0 saturated carbocycles. The average Bonchev–Trinajstić information content (AvgIpc) is 2.39. The monoisotopic (exact) mass is 220 g/mol. The van der Waals surface area contributed by atoms with E-state index in [9.17, 15) is 0 Å². The van der Waals surface area contributed by atoms with Crippen molar-refractivity contribution in [2.24, 2.45) is 0 Å². The Morgan fingerprint density at radius 1 is 1.25 bits per heavy atom. The third kappa shape index (κ3) is 2.36. The van der Waals surface area contributed by atoms with E-state index in [1.54, 1.807) is 0 Å². The van der Waals surface area contributed by atoms with Gasteiger partial charge in [-0.1, -0.05) is 18.2 Å². The molecular formula is C13H20N2O. The van der Waals surface area contributed by atoms with Gasteiger partial charge in [-0.05, 0) is 25.6 Å². The molecule has 1 aromatic carbocycles. The van der Waals surface area contributed by atoms with E-state index in [2.05, 4.69) is 41.4 Å². The number of rotatable bonds is 3. The minimum absolute atomic E-state index is 0.388. The van der Waals surface area contributed by atoms with Gasteiger partial charge in [-0.15, -0.1) is 0 Å². The van der Waals surface area contributed by atoms with Crippen molar-refractivity contribution in [1.29, 1.82) is 0 Å². The summed E-state index contributed by atoms with van der Waals surface area (Å²) < 4.78 is 5.39. The fourth-order valence-electron chi connectivity index (χ4n) is 2.10. The molecule has 0 aromatic heterocycles. The van der Waals surface area contributed by atoms with Crippen LogP contribution in [0.5, 0.6) is 0 Å². The van der Waals surface area contributed by atoms with Gasteiger partial charge in [0.15, 0.2) is 0 Å². The van der Waals surface area contributed by atoms with Crippen molar-refractivity contribution < 1.29 is 4.74 Å². The van der Waals surface area contributed by atoms with Crippen molar-refractivity contribution in [2.75, 3.05) is 38.3 Å². The molecule has 0 bridgehead atoms. The molecular weight excluding hydrogens is 200 g/mol. The highest BCUT2D eigenvalue weighted by Crippen LogP contribution is 2.26. The third-order valence-corrected chi connectivity index (χ3v) is 3.19. The summed E-state index contributed by atoms with van der Waals surface area (Å²) in [5.74, 6) is 0. The van der Waals surface area contributed by atoms with Crippen molar-refractivity contribution in [3.63, 3.8) is 0 Å². The van der Waals surface area contributed by atoms with E-state index in [0.717, 1.165) is 26.3 Å². The van der Waals surface area contributed by atoms with Crippen LogP contribution in [0.2, 0.25) is 0 Å². The zero-order valence-electron chi connectivity index (χ0n) is 10.1. The van der Waals surface area contributed by atoms with E-state index >= 15 is 0 Å². The second-order valence-corrected chi connectivity index (χ2v) is 4.17. The lowest BCUT2D eigenvalue weighted by atomic mass is 10.1. The van der Waals surface area contributed by atoms with E-state index in [0.29, 0.717) is 6.04 Å². The standard InChI is InChI=1S/C13H20N2O/c1-11(14-2)12-5-3-4-6-13(12)15-7-9-16-10-8-15/h3-6,11,14H,7-10H2,1-2H3. The molecule has 2 rings (SSSR count).